The van der Waals surface area contributed by atoms with Crippen molar-refractivity contribution in [1.29, 1.82) is 0 Å². The molecule has 15 heavy (non-hydrogen) atoms. The molecule has 0 aromatic carbocycles. The molecule has 0 spiro atoms. The highest BCUT2D eigenvalue weighted by molar-refractivity contribution is 7.93. The van der Waals surface area contributed by atoms with Gasteiger partial charge >= 0.3 is 6.08 Å². The normalized spacial score (nSPS) is 11.4. The lowest BCUT2D eigenvalue weighted by Gasteiger charge is -1.97. The minimum absolute atomic E-state index is 0.158. The molecule has 0 saturated carbocycles. The molecule has 0 aliphatic heterocycles. The summed E-state index contributed by atoms with van der Waals surface area (Å²) in [5.41, 5.74) is 0. The molecule has 1 rings (SSSR count). The van der Waals surface area contributed by atoms with E-state index < -0.39 is 33.9 Å². The summed E-state index contributed by atoms with van der Waals surface area (Å²) in [7, 11) is -3.76. The Labute approximate surface area is 87.5 Å². The second kappa shape index (κ2) is 4.71. The fourth-order valence-corrected chi connectivity index (χ4v) is 2.64. The van der Waals surface area contributed by atoms with Gasteiger partial charge in [0, 0.05) is 18.0 Å². The molecule has 0 fully saturated rings. The van der Waals surface area contributed by atoms with E-state index in [0.717, 1.165) is 6.20 Å². The van der Waals surface area contributed by atoms with Crippen molar-refractivity contribution in [3.63, 3.8) is 0 Å². The average molecular weight is 258 g/mol. The molecular weight excluding hydrogens is 253 g/mol. The van der Waals surface area contributed by atoms with Gasteiger partial charge in [0.25, 0.3) is 0 Å². The Morgan fingerprint density at radius 3 is 2.53 bits per heavy atom. The maximum Gasteiger partial charge on any atom is 0.301 e. The Hall–Kier alpha value is -0.960. The molecule has 0 bridgehead atoms. The predicted octanol–water partition coefficient (Wildman–Crippen LogP) is 1.78. The van der Waals surface area contributed by atoms with Crippen molar-refractivity contribution in [3.05, 3.63) is 18.1 Å². The Morgan fingerprint density at radius 2 is 2.07 bits per heavy atom. The first-order chi connectivity index (χ1) is 6.93. The van der Waals surface area contributed by atoms with Gasteiger partial charge in [0.1, 0.15) is 0 Å². The van der Waals surface area contributed by atoms with E-state index in [1.54, 1.807) is 0 Å². The van der Waals surface area contributed by atoms with Gasteiger partial charge in [-0.15, -0.1) is 5.10 Å². The maximum atomic E-state index is 12.3. The summed E-state index contributed by atoms with van der Waals surface area (Å²) in [4.78, 5) is 0. The highest BCUT2D eigenvalue weighted by atomic mass is 32.2. The number of aromatic nitrogens is 2. The van der Waals surface area contributed by atoms with Gasteiger partial charge in [-0.1, -0.05) is 4.49 Å². The van der Waals surface area contributed by atoms with Gasteiger partial charge in [-0.05, 0) is 0 Å². The van der Waals surface area contributed by atoms with E-state index in [1.165, 1.54) is 0 Å². The number of halogens is 3. The van der Waals surface area contributed by atoms with Gasteiger partial charge in [-0.2, -0.15) is 8.78 Å². The van der Waals surface area contributed by atoms with E-state index in [0.29, 0.717) is 11.5 Å². The van der Waals surface area contributed by atoms with Crippen molar-refractivity contribution in [2.24, 2.45) is 0 Å². The van der Waals surface area contributed by atoms with Crippen LogP contribution in [-0.2, 0) is 9.84 Å². The molecule has 1 aromatic rings. The third-order valence-electron chi connectivity index (χ3n) is 1.44. The maximum absolute atomic E-state index is 12.3. The number of nitrogens with zero attached hydrogens (tertiary/aromatic N) is 2. The molecule has 0 aliphatic rings. The van der Waals surface area contributed by atoms with E-state index >= 15 is 0 Å². The first-order valence-electron chi connectivity index (χ1n) is 3.63. The summed E-state index contributed by atoms with van der Waals surface area (Å²) in [6, 6.07) is 0. The van der Waals surface area contributed by atoms with E-state index in [4.69, 9.17) is 0 Å². The van der Waals surface area contributed by atoms with Crippen LogP contribution >= 0.6 is 11.5 Å². The van der Waals surface area contributed by atoms with Crippen LogP contribution < -0.4 is 0 Å². The molecule has 0 radical (unpaired) electrons. The third-order valence-corrected chi connectivity index (χ3v) is 4.35. The summed E-state index contributed by atoms with van der Waals surface area (Å²) in [5, 5.41) is 3.29. The van der Waals surface area contributed by atoms with Crippen LogP contribution in [0.2, 0.25) is 0 Å². The zero-order valence-corrected chi connectivity index (χ0v) is 8.79. The second-order valence-corrected chi connectivity index (χ2v) is 5.59. The van der Waals surface area contributed by atoms with Crippen LogP contribution in [0.4, 0.5) is 13.2 Å². The van der Waals surface area contributed by atoms with Crippen LogP contribution in [0.25, 0.3) is 0 Å². The van der Waals surface area contributed by atoms with Crippen LogP contribution in [0.3, 0.4) is 0 Å². The summed E-state index contributed by atoms with van der Waals surface area (Å²) in [6.45, 7) is 0. The van der Waals surface area contributed by atoms with Gasteiger partial charge < -0.3 is 0 Å². The molecule has 1 aromatic heterocycles. The number of rotatable bonds is 4. The Balaban J connectivity index is 2.72. The molecule has 1 heterocycles. The molecule has 0 atom stereocenters. The van der Waals surface area contributed by atoms with Crippen molar-refractivity contribution in [2.45, 2.75) is 10.6 Å². The quantitative estimate of drug-likeness (QED) is 0.826. The molecule has 0 aliphatic carbocycles. The number of allylic oxidation sites excluding steroid dienone is 1. The zero-order chi connectivity index (χ0) is 11.5. The molecule has 0 saturated heterocycles. The zero-order valence-electron chi connectivity index (χ0n) is 7.15. The molecule has 0 unspecified atom stereocenters. The monoisotopic (exact) mass is 258 g/mol. The Kier molecular flexibility index (Phi) is 3.80. The van der Waals surface area contributed by atoms with Crippen LogP contribution in [0.5, 0.6) is 0 Å². The lowest BCUT2D eigenvalue weighted by molar-refractivity contribution is 0.373. The van der Waals surface area contributed by atoms with Crippen molar-refractivity contribution in [2.75, 3.05) is 5.75 Å². The Morgan fingerprint density at radius 1 is 1.40 bits per heavy atom. The van der Waals surface area contributed by atoms with Crippen LogP contribution in [0.15, 0.2) is 22.3 Å². The van der Waals surface area contributed by atoms with Gasteiger partial charge in [0.2, 0.25) is 0 Å². The van der Waals surface area contributed by atoms with E-state index in [9.17, 15) is 21.6 Å². The van der Waals surface area contributed by atoms with Crippen molar-refractivity contribution < 1.29 is 21.6 Å². The molecule has 9 heteroatoms. The molecule has 0 amide bonds. The van der Waals surface area contributed by atoms with E-state index in [2.05, 4.69) is 9.59 Å². The SMILES string of the molecule is O=S(=O)(CCC(F)=C(F)F)c1cnns1. The first kappa shape index (κ1) is 12.1. The average Bonchev–Trinajstić information content (AvgIpc) is 2.67. The summed E-state index contributed by atoms with van der Waals surface area (Å²) in [6.07, 6.45) is -2.34. The Bertz CT molecular complexity index is 451. The van der Waals surface area contributed by atoms with Crippen molar-refractivity contribution >= 4 is 21.4 Å². The minimum Gasteiger partial charge on any atom is -0.223 e. The first-order valence-corrected chi connectivity index (χ1v) is 6.06. The summed E-state index contributed by atoms with van der Waals surface area (Å²) >= 11 is 0.615. The van der Waals surface area contributed by atoms with E-state index in [1.807, 2.05) is 0 Å². The lowest BCUT2D eigenvalue weighted by Crippen LogP contribution is -2.05. The molecule has 4 nitrogen and oxygen atoms in total. The van der Waals surface area contributed by atoms with E-state index in [-0.39, 0.29) is 4.21 Å². The molecule has 84 valence electrons. The van der Waals surface area contributed by atoms with Crippen molar-refractivity contribution in [1.82, 2.24) is 9.59 Å². The van der Waals surface area contributed by atoms with Crippen LogP contribution in [0.1, 0.15) is 6.42 Å². The van der Waals surface area contributed by atoms with Gasteiger partial charge in [-0.3, -0.25) is 0 Å². The van der Waals surface area contributed by atoms with Crippen LogP contribution in [0, 0.1) is 0 Å². The molecular formula is C6H5F3N2O2S2. The minimum atomic E-state index is -3.76. The van der Waals surface area contributed by atoms with Gasteiger partial charge in [0.05, 0.1) is 11.9 Å². The molecule has 0 N–H and O–H groups in total. The number of sulfone groups is 1. The summed E-state index contributed by atoms with van der Waals surface area (Å²) in [5.74, 6) is -2.43. The predicted molar refractivity (Wildman–Crippen MR) is 46.9 cm³/mol. The topological polar surface area (TPSA) is 59.9 Å². The lowest BCUT2D eigenvalue weighted by atomic mass is 10.4. The fourth-order valence-electron chi connectivity index (χ4n) is 0.714. The smallest absolute Gasteiger partial charge is 0.223 e. The van der Waals surface area contributed by atoms with Gasteiger partial charge in [-0.25, -0.2) is 12.8 Å². The number of hydrogen-bond acceptors (Lipinski definition) is 5. The fraction of sp³-hybridized carbons (Fsp3) is 0.333. The highest BCUT2D eigenvalue weighted by Crippen LogP contribution is 2.19. The van der Waals surface area contributed by atoms with Gasteiger partial charge in [0.15, 0.2) is 19.9 Å². The number of hydrogen-bond donors (Lipinski definition) is 0. The summed E-state index contributed by atoms with van der Waals surface area (Å²) < 4.78 is 61.4. The van der Waals surface area contributed by atoms with Crippen LogP contribution in [-0.4, -0.2) is 23.8 Å². The standard InChI is InChI=1S/C6H5F3N2O2S2/c7-4(6(8)9)1-2-15(12,13)5-3-10-11-14-5/h3H,1-2H2. The highest BCUT2D eigenvalue weighted by Gasteiger charge is 2.19. The largest absolute Gasteiger partial charge is 0.301 e. The second-order valence-electron chi connectivity index (χ2n) is 2.47. The van der Waals surface area contributed by atoms with Crippen molar-refractivity contribution in [3.8, 4) is 0 Å². The third kappa shape index (κ3) is 3.27.